The van der Waals surface area contributed by atoms with Crippen molar-refractivity contribution in [3.8, 4) is 5.75 Å². The molecule has 3 heteroatoms. The number of benzene rings is 2. The number of allylic oxidation sites excluding steroid dienone is 1. The van der Waals surface area contributed by atoms with E-state index in [4.69, 9.17) is 0 Å². The predicted octanol–water partition coefficient (Wildman–Crippen LogP) is 3.98. The van der Waals surface area contributed by atoms with Crippen LogP contribution in [0.2, 0.25) is 0 Å². The zero-order chi connectivity index (χ0) is 13.4. The number of Topliss-reactive ketones (excluding diaryl/α,β-unsaturated/α-hetero) is 1. The number of phenols is 1. The minimum atomic E-state index is 0.00153. The number of halogens is 1. The second-order valence-electron chi connectivity index (χ2n) is 4.54. The number of ketones is 1. The molecule has 2 aromatic rings. The maximum atomic E-state index is 12.3. The van der Waals surface area contributed by atoms with Crippen molar-refractivity contribution in [2.75, 3.05) is 0 Å². The Hall–Kier alpha value is -1.87. The van der Waals surface area contributed by atoms with Crippen LogP contribution in [0, 0.1) is 0 Å². The summed E-state index contributed by atoms with van der Waals surface area (Å²) >= 11 is 3.47. The van der Waals surface area contributed by atoms with Crippen molar-refractivity contribution in [1.29, 1.82) is 0 Å². The van der Waals surface area contributed by atoms with Crippen LogP contribution < -0.4 is 0 Å². The lowest BCUT2D eigenvalue weighted by atomic mass is 10.1. The van der Waals surface area contributed by atoms with Gasteiger partial charge in [-0.2, -0.15) is 0 Å². The SMILES string of the molecule is O=C1C(=Cc2ccccc2Br)Cc2ccc(O)cc21. The van der Waals surface area contributed by atoms with Gasteiger partial charge in [0, 0.05) is 22.0 Å². The first-order valence-corrected chi connectivity index (χ1v) is 6.76. The summed E-state index contributed by atoms with van der Waals surface area (Å²) in [6.45, 7) is 0. The molecule has 0 unspecified atom stereocenters. The third-order valence-corrected chi connectivity index (χ3v) is 3.97. The van der Waals surface area contributed by atoms with E-state index in [2.05, 4.69) is 15.9 Å². The topological polar surface area (TPSA) is 37.3 Å². The molecule has 1 N–H and O–H groups in total. The molecule has 0 bridgehead atoms. The number of phenolic OH excluding ortho intramolecular Hbond substituents is 1. The molecule has 0 aliphatic heterocycles. The Kier molecular flexibility index (Phi) is 2.99. The molecule has 2 nitrogen and oxygen atoms in total. The van der Waals surface area contributed by atoms with Crippen LogP contribution in [0.15, 0.2) is 52.5 Å². The van der Waals surface area contributed by atoms with Crippen molar-refractivity contribution in [2.24, 2.45) is 0 Å². The average molecular weight is 315 g/mol. The van der Waals surface area contributed by atoms with Gasteiger partial charge < -0.3 is 5.11 Å². The summed E-state index contributed by atoms with van der Waals surface area (Å²) in [6, 6.07) is 12.8. The molecule has 0 radical (unpaired) electrons. The molecule has 1 aliphatic carbocycles. The Morgan fingerprint density at radius 3 is 2.74 bits per heavy atom. The van der Waals surface area contributed by atoms with Gasteiger partial charge in [-0.1, -0.05) is 40.2 Å². The smallest absolute Gasteiger partial charge is 0.189 e. The number of aromatic hydroxyl groups is 1. The highest BCUT2D eigenvalue weighted by atomic mass is 79.9. The summed E-state index contributed by atoms with van der Waals surface area (Å²) in [5.74, 6) is 0.135. The van der Waals surface area contributed by atoms with Crippen LogP contribution in [-0.4, -0.2) is 10.9 Å². The van der Waals surface area contributed by atoms with Gasteiger partial charge in [0.05, 0.1) is 0 Å². The Morgan fingerprint density at radius 2 is 1.95 bits per heavy atom. The highest BCUT2D eigenvalue weighted by Gasteiger charge is 2.25. The lowest BCUT2D eigenvalue weighted by Crippen LogP contribution is -1.95. The zero-order valence-electron chi connectivity index (χ0n) is 10.1. The number of carbonyl (C=O) groups is 1. The molecule has 0 spiro atoms. The molecule has 0 saturated heterocycles. The lowest BCUT2D eigenvalue weighted by molar-refractivity contribution is 0.104. The Morgan fingerprint density at radius 1 is 1.16 bits per heavy atom. The van der Waals surface area contributed by atoms with E-state index in [0.717, 1.165) is 21.2 Å². The van der Waals surface area contributed by atoms with Crippen molar-refractivity contribution in [2.45, 2.75) is 6.42 Å². The van der Waals surface area contributed by atoms with Crippen LogP contribution in [0.25, 0.3) is 6.08 Å². The highest BCUT2D eigenvalue weighted by Crippen LogP contribution is 2.31. The van der Waals surface area contributed by atoms with Crippen LogP contribution >= 0.6 is 15.9 Å². The largest absolute Gasteiger partial charge is 0.508 e. The molecule has 0 saturated carbocycles. The fourth-order valence-corrected chi connectivity index (χ4v) is 2.68. The fraction of sp³-hybridized carbons (Fsp3) is 0.0625. The van der Waals surface area contributed by atoms with Gasteiger partial charge >= 0.3 is 0 Å². The van der Waals surface area contributed by atoms with Crippen LogP contribution in [0.3, 0.4) is 0 Å². The number of hydrogen-bond donors (Lipinski definition) is 1. The standard InChI is InChI=1S/C16H11BrO2/c17-15-4-2-1-3-11(15)8-12-7-10-5-6-13(18)9-14(10)16(12)19/h1-6,8-9,18H,7H2. The quantitative estimate of drug-likeness (QED) is 0.808. The second kappa shape index (κ2) is 4.67. The second-order valence-corrected chi connectivity index (χ2v) is 5.39. The van der Waals surface area contributed by atoms with Crippen LogP contribution in [-0.2, 0) is 6.42 Å². The van der Waals surface area contributed by atoms with E-state index in [0.29, 0.717) is 12.0 Å². The van der Waals surface area contributed by atoms with Crippen LogP contribution in [0.1, 0.15) is 21.5 Å². The lowest BCUT2D eigenvalue weighted by Gasteiger charge is -1.99. The summed E-state index contributed by atoms with van der Waals surface area (Å²) < 4.78 is 0.967. The molecule has 19 heavy (non-hydrogen) atoms. The Labute approximate surface area is 119 Å². The summed E-state index contributed by atoms with van der Waals surface area (Å²) in [6.07, 6.45) is 2.53. The van der Waals surface area contributed by atoms with E-state index in [9.17, 15) is 9.90 Å². The molecular weight excluding hydrogens is 304 g/mol. The normalized spacial score (nSPS) is 15.8. The molecule has 1 aliphatic rings. The van der Waals surface area contributed by atoms with Gasteiger partial charge in [-0.05, 0) is 35.4 Å². The van der Waals surface area contributed by atoms with Gasteiger partial charge in [0.2, 0.25) is 0 Å². The van der Waals surface area contributed by atoms with Crippen molar-refractivity contribution in [1.82, 2.24) is 0 Å². The van der Waals surface area contributed by atoms with E-state index in [1.807, 2.05) is 36.4 Å². The third kappa shape index (κ3) is 2.22. The number of hydrogen-bond acceptors (Lipinski definition) is 2. The summed E-state index contributed by atoms with van der Waals surface area (Å²) in [7, 11) is 0. The first-order chi connectivity index (χ1) is 9.15. The highest BCUT2D eigenvalue weighted by molar-refractivity contribution is 9.10. The maximum Gasteiger partial charge on any atom is 0.189 e. The number of rotatable bonds is 1. The monoisotopic (exact) mass is 314 g/mol. The molecule has 0 fully saturated rings. The maximum absolute atomic E-state index is 12.3. The van der Waals surface area contributed by atoms with Crippen molar-refractivity contribution in [3.05, 3.63) is 69.2 Å². The van der Waals surface area contributed by atoms with Gasteiger partial charge in [0.25, 0.3) is 0 Å². The Balaban J connectivity index is 2.03. The number of fused-ring (bicyclic) bond motifs is 1. The first kappa shape index (κ1) is 12.2. The molecule has 2 aromatic carbocycles. The van der Waals surface area contributed by atoms with Gasteiger partial charge in [-0.25, -0.2) is 0 Å². The third-order valence-electron chi connectivity index (χ3n) is 3.25. The summed E-state index contributed by atoms with van der Waals surface area (Å²) in [5, 5.41) is 9.46. The van der Waals surface area contributed by atoms with Crippen LogP contribution in [0.4, 0.5) is 0 Å². The molecule has 0 aromatic heterocycles. The molecule has 0 atom stereocenters. The van der Waals surface area contributed by atoms with Gasteiger partial charge in [0.15, 0.2) is 5.78 Å². The minimum absolute atomic E-state index is 0.00153. The summed E-state index contributed by atoms with van der Waals surface area (Å²) in [4.78, 5) is 12.3. The Bertz CT molecular complexity index is 702. The van der Waals surface area contributed by atoms with E-state index in [-0.39, 0.29) is 11.5 Å². The molecule has 94 valence electrons. The number of carbonyl (C=O) groups excluding carboxylic acids is 1. The van der Waals surface area contributed by atoms with E-state index in [1.165, 1.54) is 0 Å². The van der Waals surface area contributed by atoms with Gasteiger partial charge in [0.1, 0.15) is 5.75 Å². The van der Waals surface area contributed by atoms with Gasteiger partial charge in [-0.3, -0.25) is 4.79 Å². The molecule has 0 amide bonds. The molecule has 3 rings (SSSR count). The molecule has 0 heterocycles. The zero-order valence-corrected chi connectivity index (χ0v) is 11.6. The van der Waals surface area contributed by atoms with E-state index >= 15 is 0 Å². The van der Waals surface area contributed by atoms with E-state index in [1.54, 1.807) is 12.1 Å². The van der Waals surface area contributed by atoms with Crippen LogP contribution in [0.5, 0.6) is 5.75 Å². The molecular formula is C16H11BrO2. The predicted molar refractivity (Wildman–Crippen MR) is 78.3 cm³/mol. The van der Waals surface area contributed by atoms with Crippen molar-refractivity contribution in [3.63, 3.8) is 0 Å². The minimum Gasteiger partial charge on any atom is -0.508 e. The average Bonchev–Trinajstić information content (AvgIpc) is 2.70. The van der Waals surface area contributed by atoms with Crippen molar-refractivity contribution < 1.29 is 9.90 Å². The van der Waals surface area contributed by atoms with Crippen molar-refractivity contribution >= 4 is 27.8 Å². The summed E-state index contributed by atoms with van der Waals surface area (Å²) in [5.41, 5.74) is 3.33. The first-order valence-electron chi connectivity index (χ1n) is 5.97. The van der Waals surface area contributed by atoms with E-state index < -0.39 is 0 Å². The van der Waals surface area contributed by atoms with Gasteiger partial charge in [-0.15, -0.1) is 0 Å². The fourth-order valence-electron chi connectivity index (χ4n) is 2.28.